The predicted octanol–water partition coefficient (Wildman–Crippen LogP) is 6.48. The van der Waals surface area contributed by atoms with Crippen molar-refractivity contribution in [2.24, 2.45) is 0 Å². The Kier molecular flexibility index (Phi) is 8.53. The number of nitrogens with zero attached hydrogens (tertiary/aromatic N) is 1. The number of hydrazine groups is 1. The molecule has 0 aromatic heterocycles. The molecule has 37 heavy (non-hydrogen) atoms. The van der Waals surface area contributed by atoms with Crippen molar-refractivity contribution in [2.45, 2.75) is 27.4 Å². The molecule has 1 saturated heterocycles. The van der Waals surface area contributed by atoms with Gasteiger partial charge in [0.1, 0.15) is 6.61 Å². The second-order valence-electron chi connectivity index (χ2n) is 8.36. The first-order valence-electron chi connectivity index (χ1n) is 11.6. The SMILES string of the molecule is CCOc1cc(/C=C2\SC(=S)N(NC(=O)c3ccc(C)cc3Cl)C2=O)ccc1OCc1cccc(C)c1. The van der Waals surface area contributed by atoms with Crippen molar-refractivity contribution in [1.29, 1.82) is 0 Å². The third kappa shape index (κ3) is 6.52. The van der Waals surface area contributed by atoms with Gasteiger partial charge in [0.2, 0.25) is 0 Å². The summed E-state index contributed by atoms with van der Waals surface area (Å²) in [4.78, 5) is 26.1. The molecule has 1 aliphatic heterocycles. The van der Waals surface area contributed by atoms with Gasteiger partial charge in [-0.1, -0.05) is 65.3 Å². The number of benzene rings is 3. The number of halogens is 1. The Balaban J connectivity index is 1.49. The fourth-order valence-corrected chi connectivity index (χ4v) is 5.15. The van der Waals surface area contributed by atoms with Crippen LogP contribution in [0.1, 0.15) is 39.5 Å². The summed E-state index contributed by atoms with van der Waals surface area (Å²) in [6.07, 6.45) is 1.71. The van der Waals surface area contributed by atoms with Crippen LogP contribution in [0.5, 0.6) is 11.5 Å². The number of thiocarbonyl (C=S) groups is 1. The normalized spacial score (nSPS) is 14.3. The second-order valence-corrected chi connectivity index (χ2v) is 10.4. The van der Waals surface area contributed by atoms with E-state index in [1.165, 1.54) is 0 Å². The molecular formula is C28H25ClN2O4S2. The molecule has 0 unspecified atom stereocenters. The Bertz CT molecular complexity index is 1410. The van der Waals surface area contributed by atoms with Gasteiger partial charge in [-0.2, -0.15) is 5.01 Å². The van der Waals surface area contributed by atoms with E-state index >= 15 is 0 Å². The molecule has 1 fully saturated rings. The molecule has 0 atom stereocenters. The topological polar surface area (TPSA) is 67.9 Å². The van der Waals surface area contributed by atoms with Crippen molar-refractivity contribution in [3.8, 4) is 11.5 Å². The van der Waals surface area contributed by atoms with E-state index < -0.39 is 11.8 Å². The van der Waals surface area contributed by atoms with E-state index in [9.17, 15) is 9.59 Å². The zero-order chi connectivity index (χ0) is 26.5. The number of ether oxygens (including phenoxy) is 2. The number of carbonyl (C=O) groups excluding carboxylic acids is 2. The highest BCUT2D eigenvalue weighted by Gasteiger charge is 2.34. The number of nitrogens with one attached hydrogen (secondary N) is 1. The van der Waals surface area contributed by atoms with E-state index in [4.69, 9.17) is 33.3 Å². The van der Waals surface area contributed by atoms with Crippen LogP contribution in [-0.2, 0) is 11.4 Å². The molecule has 0 radical (unpaired) electrons. The first kappa shape index (κ1) is 26.7. The Morgan fingerprint density at radius 2 is 1.84 bits per heavy atom. The van der Waals surface area contributed by atoms with Crippen LogP contribution in [0.3, 0.4) is 0 Å². The van der Waals surface area contributed by atoms with Crippen LogP contribution < -0.4 is 14.9 Å². The first-order chi connectivity index (χ1) is 17.7. The summed E-state index contributed by atoms with van der Waals surface area (Å²) in [5.41, 5.74) is 6.70. The Hall–Kier alpha value is -3.33. The summed E-state index contributed by atoms with van der Waals surface area (Å²) in [5.74, 6) is 0.234. The molecule has 190 valence electrons. The number of hydrogen-bond acceptors (Lipinski definition) is 6. The van der Waals surface area contributed by atoms with Gasteiger partial charge >= 0.3 is 0 Å². The van der Waals surface area contributed by atoms with Gasteiger partial charge in [0.25, 0.3) is 11.8 Å². The van der Waals surface area contributed by atoms with Crippen molar-refractivity contribution in [1.82, 2.24) is 10.4 Å². The molecule has 3 aromatic rings. The van der Waals surface area contributed by atoms with E-state index in [1.54, 1.807) is 24.3 Å². The lowest BCUT2D eigenvalue weighted by Crippen LogP contribution is -2.44. The van der Waals surface area contributed by atoms with Crippen LogP contribution >= 0.6 is 35.6 Å². The summed E-state index contributed by atoms with van der Waals surface area (Å²) in [5, 5.41) is 1.36. The van der Waals surface area contributed by atoms with Crippen molar-refractivity contribution in [3.05, 3.63) is 98.4 Å². The third-order valence-electron chi connectivity index (χ3n) is 5.42. The van der Waals surface area contributed by atoms with E-state index in [0.717, 1.165) is 39.0 Å². The largest absolute Gasteiger partial charge is 0.490 e. The van der Waals surface area contributed by atoms with Crippen LogP contribution in [0.25, 0.3) is 6.08 Å². The quantitative estimate of drug-likeness (QED) is 0.255. The Morgan fingerprint density at radius 3 is 2.57 bits per heavy atom. The fourth-order valence-electron chi connectivity index (χ4n) is 3.65. The number of aryl methyl sites for hydroxylation is 2. The summed E-state index contributed by atoms with van der Waals surface area (Å²) in [7, 11) is 0. The maximum Gasteiger partial charge on any atom is 0.285 e. The molecular weight excluding hydrogens is 528 g/mol. The summed E-state index contributed by atoms with van der Waals surface area (Å²) in [6.45, 7) is 6.67. The average molecular weight is 553 g/mol. The van der Waals surface area contributed by atoms with Gasteiger partial charge in [-0.15, -0.1) is 0 Å². The van der Waals surface area contributed by atoms with Crippen LogP contribution in [0.15, 0.2) is 65.6 Å². The van der Waals surface area contributed by atoms with Crippen LogP contribution in [0.4, 0.5) is 0 Å². The number of amides is 2. The van der Waals surface area contributed by atoms with Crippen molar-refractivity contribution < 1.29 is 19.1 Å². The van der Waals surface area contributed by atoms with Gasteiger partial charge in [0.15, 0.2) is 15.8 Å². The highest BCUT2D eigenvalue weighted by Crippen LogP contribution is 2.35. The van der Waals surface area contributed by atoms with Gasteiger partial charge < -0.3 is 9.47 Å². The number of thioether (sulfide) groups is 1. The number of carbonyl (C=O) groups is 2. The minimum atomic E-state index is -0.517. The minimum absolute atomic E-state index is 0.218. The molecule has 1 N–H and O–H groups in total. The highest BCUT2D eigenvalue weighted by atomic mass is 35.5. The summed E-state index contributed by atoms with van der Waals surface area (Å²) < 4.78 is 12.0. The molecule has 0 spiro atoms. The first-order valence-corrected chi connectivity index (χ1v) is 13.2. The predicted molar refractivity (Wildman–Crippen MR) is 152 cm³/mol. The van der Waals surface area contributed by atoms with Crippen LogP contribution in [0.2, 0.25) is 5.02 Å². The van der Waals surface area contributed by atoms with Crippen LogP contribution in [0, 0.1) is 13.8 Å². The lowest BCUT2D eigenvalue weighted by molar-refractivity contribution is -0.123. The van der Waals surface area contributed by atoms with Gasteiger partial charge in [0, 0.05) is 0 Å². The second kappa shape index (κ2) is 11.8. The molecule has 6 nitrogen and oxygen atoms in total. The molecule has 1 aliphatic rings. The van der Waals surface area contributed by atoms with Crippen molar-refractivity contribution in [2.75, 3.05) is 6.61 Å². The molecule has 0 bridgehead atoms. The zero-order valence-corrected chi connectivity index (χ0v) is 22.9. The van der Waals surface area contributed by atoms with Gasteiger partial charge in [-0.25, -0.2) is 0 Å². The monoisotopic (exact) mass is 552 g/mol. The number of hydrogen-bond donors (Lipinski definition) is 1. The van der Waals surface area contributed by atoms with E-state index in [0.29, 0.717) is 34.6 Å². The van der Waals surface area contributed by atoms with Gasteiger partial charge in [-0.3, -0.25) is 15.0 Å². The van der Waals surface area contributed by atoms with Gasteiger partial charge in [-0.05, 0) is 80.0 Å². The smallest absolute Gasteiger partial charge is 0.285 e. The maximum absolute atomic E-state index is 13.0. The summed E-state index contributed by atoms with van der Waals surface area (Å²) in [6, 6.07) is 18.6. The minimum Gasteiger partial charge on any atom is -0.490 e. The molecule has 0 saturated carbocycles. The molecule has 1 heterocycles. The lowest BCUT2D eigenvalue weighted by atomic mass is 10.1. The van der Waals surface area contributed by atoms with Crippen LogP contribution in [-0.4, -0.2) is 27.8 Å². The zero-order valence-electron chi connectivity index (χ0n) is 20.5. The molecule has 9 heteroatoms. The number of rotatable bonds is 8. The maximum atomic E-state index is 13.0. The molecule has 0 aliphatic carbocycles. The van der Waals surface area contributed by atoms with E-state index in [1.807, 2.05) is 57.2 Å². The lowest BCUT2D eigenvalue weighted by Gasteiger charge is -2.16. The molecule has 2 amide bonds. The highest BCUT2D eigenvalue weighted by molar-refractivity contribution is 8.26. The van der Waals surface area contributed by atoms with Gasteiger partial charge in [0.05, 0.1) is 22.1 Å². The fraction of sp³-hybridized carbons (Fsp3) is 0.179. The average Bonchev–Trinajstić information content (AvgIpc) is 3.11. The van der Waals surface area contributed by atoms with Crippen molar-refractivity contribution >= 4 is 57.8 Å². The standard InChI is InChI=1S/C28H25ClN2O4S2/c1-4-34-24-14-19(9-11-23(24)35-16-20-7-5-6-17(2)12-20)15-25-27(33)31(28(36)37-25)30-26(32)21-10-8-18(3)13-22(21)29/h5-15H,4,16H2,1-3H3,(H,30,32)/b25-15-. The van der Waals surface area contributed by atoms with Crippen molar-refractivity contribution in [3.63, 3.8) is 0 Å². The summed E-state index contributed by atoms with van der Waals surface area (Å²) >= 11 is 12.6. The third-order valence-corrected chi connectivity index (χ3v) is 7.03. The van der Waals surface area contributed by atoms with E-state index in [2.05, 4.69) is 11.5 Å². The Labute approximate surface area is 230 Å². The molecule has 4 rings (SSSR count). The van der Waals surface area contributed by atoms with E-state index in [-0.39, 0.29) is 9.88 Å². The Morgan fingerprint density at radius 1 is 1.05 bits per heavy atom. The molecule has 3 aromatic carbocycles.